The van der Waals surface area contributed by atoms with Crippen molar-refractivity contribution in [3.63, 3.8) is 0 Å². The van der Waals surface area contributed by atoms with Crippen LogP contribution in [0.2, 0.25) is 9.36 Å². The first kappa shape index (κ1) is 20.2. The van der Waals surface area contributed by atoms with Crippen LogP contribution in [0.25, 0.3) is 0 Å². The summed E-state index contributed by atoms with van der Waals surface area (Å²) in [5, 5.41) is 7.25. The standard InChI is InChI=1S/C20H19Cl2N3O3S/c21-12-4-5-13(20(27)25-8-2-1-3-9-25)14(10-12)23-19(26)16-11-15(24-28-16)17-6-7-18(22)29-17/h4-7,10,16H,1-3,8-9,11H2,(H,23,26). The predicted molar refractivity (Wildman–Crippen MR) is 115 cm³/mol. The van der Waals surface area contributed by atoms with Crippen molar-refractivity contribution in [1.82, 2.24) is 4.90 Å². The number of nitrogens with one attached hydrogen (secondary N) is 1. The van der Waals surface area contributed by atoms with E-state index in [2.05, 4.69) is 10.5 Å². The summed E-state index contributed by atoms with van der Waals surface area (Å²) in [6.07, 6.45) is 2.67. The average Bonchev–Trinajstić information content (AvgIpc) is 3.37. The third kappa shape index (κ3) is 4.57. The highest BCUT2D eigenvalue weighted by atomic mass is 35.5. The van der Waals surface area contributed by atoms with E-state index in [1.54, 1.807) is 24.3 Å². The molecule has 1 atom stereocenters. The number of anilines is 1. The largest absolute Gasteiger partial charge is 0.382 e. The first-order chi connectivity index (χ1) is 14.0. The first-order valence-electron chi connectivity index (χ1n) is 9.39. The van der Waals surface area contributed by atoms with Crippen molar-refractivity contribution in [2.24, 2.45) is 5.16 Å². The molecule has 0 bridgehead atoms. The molecule has 3 heterocycles. The minimum Gasteiger partial charge on any atom is -0.382 e. The Kier molecular flexibility index (Phi) is 6.08. The van der Waals surface area contributed by atoms with E-state index in [9.17, 15) is 9.59 Å². The molecule has 2 aromatic rings. The number of amides is 2. The highest BCUT2D eigenvalue weighted by molar-refractivity contribution is 7.18. The third-order valence-corrected chi connectivity index (χ3v) is 6.45. The van der Waals surface area contributed by atoms with E-state index in [-0.39, 0.29) is 11.8 Å². The predicted octanol–water partition coefficient (Wildman–Crippen LogP) is 4.81. The maximum atomic E-state index is 12.9. The van der Waals surface area contributed by atoms with Crippen molar-refractivity contribution >= 4 is 57.8 Å². The number of likely N-dealkylation sites (tertiary alicyclic amines) is 1. The number of benzene rings is 1. The highest BCUT2D eigenvalue weighted by Gasteiger charge is 2.31. The Balaban J connectivity index is 1.47. The number of carbonyl (C=O) groups excluding carboxylic acids is 2. The molecule has 1 saturated heterocycles. The minimum atomic E-state index is -0.775. The second kappa shape index (κ2) is 8.73. The van der Waals surface area contributed by atoms with Crippen molar-refractivity contribution < 1.29 is 14.4 Å². The molecule has 6 nitrogen and oxygen atoms in total. The molecule has 29 heavy (non-hydrogen) atoms. The Morgan fingerprint density at radius 1 is 1.14 bits per heavy atom. The molecule has 1 unspecified atom stereocenters. The topological polar surface area (TPSA) is 71.0 Å². The molecule has 4 rings (SSSR count). The summed E-state index contributed by atoms with van der Waals surface area (Å²) in [4.78, 5) is 33.7. The number of rotatable bonds is 4. The van der Waals surface area contributed by atoms with Crippen LogP contribution in [-0.2, 0) is 9.63 Å². The van der Waals surface area contributed by atoms with Gasteiger partial charge in [-0.05, 0) is 49.6 Å². The third-order valence-electron chi connectivity index (χ3n) is 4.93. The first-order valence-corrected chi connectivity index (χ1v) is 11.0. The zero-order chi connectivity index (χ0) is 20.4. The van der Waals surface area contributed by atoms with Gasteiger partial charge in [0.15, 0.2) is 0 Å². The van der Waals surface area contributed by atoms with Crippen molar-refractivity contribution in [2.75, 3.05) is 18.4 Å². The van der Waals surface area contributed by atoms with Gasteiger partial charge in [-0.25, -0.2) is 0 Å². The van der Waals surface area contributed by atoms with Gasteiger partial charge in [0, 0.05) is 24.5 Å². The molecule has 9 heteroatoms. The molecule has 1 N–H and O–H groups in total. The quantitative estimate of drug-likeness (QED) is 0.724. The van der Waals surface area contributed by atoms with Gasteiger partial charge in [0.25, 0.3) is 11.8 Å². The van der Waals surface area contributed by atoms with Crippen LogP contribution in [-0.4, -0.2) is 41.6 Å². The number of halogens is 2. The summed E-state index contributed by atoms with van der Waals surface area (Å²) < 4.78 is 0.649. The zero-order valence-corrected chi connectivity index (χ0v) is 17.8. The van der Waals surface area contributed by atoms with Crippen LogP contribution in [0.1, 0.15) is 40.9 Å². The van der Waals surface area contributed by atoms with Crippen molar-refractivity contribution in [1.29, 1.82) is 0 Å². The number of piperidine rings is 1. The summed E-state index contributed by atoms with van der Waals surface area (Å²) >= 11 is 13.5. The smallest absolute Gasteiger partial charge is 0.268 e. The summed E-state index contributed by atoms with van der Waals surface area (Å²) in [6, 6.07) is 8.53. The summed E-state index contributed by atoms with van der Waals surface area (Å²) in [5.41, 5.74) is 1.49. The van der Waals surface area contributed by atoms with Gasteiger partial charge in [0.1, 0.15) is 5.71 Å². The van der Waals surface area contributed by atoms with Crippen LogP contribution in [0, 0.1) is 0 Å². The van der Waals surface area contributed by atoms with Gasteiger partial charge in [-0.3, -0.25) is 9.59 Å². The SMILES string of the molecule is O=C(Nc1cc(Cl)ccc1C(=O)N1CCCCC1)C1CC(c2ccc(Cl)s2)=NO1. The van der Waals surface area contributed by atoms with Crippen LogP contribution >= 0.6 is 34.5 Å². The van der Waals surface area contributed by atoms with E-state index >= 15 is 0 Å². The molecule has 1 aromatic carbocycles. The number of hydrogen-bond donors (Lipinski definition) is 1. The Labute approximate surface area is 182 Å². The molecule has 0 aliphatic carbocycles. The molecule has 0 spiro atoms. The van der Waals surface area contributed by atoms with E-state index < -0.39 is 6.10 Å². The average molecular weight is 452 g/mol. The Hall–Kier alpha value is -2.09. The highest BCUT2D eigenvalue weighted by Crippen LogP contribution is 2.28. The van der Waals surface area contributed by atoms with E-state index in [0.29, 0.717) is 32.7 Å². The molecular formula is C20H19Cl2N3O3S. The van der Waals surface area contributed by atoms with Crippen LogP contribution in [0.5, 0.6) is 0 Å². The molecule has 2 amide bonds. The van der Waals surface area contributed by atoms with Gasteiger partial charge in [0.2, 0.25) is 6.10 Å². The van der Waals surface area contributed by atoms with Gasteiger partial charge in [-0.15, -0.1) is 11.3 Å². The number of hydrogen-bond acceptors (Lipinski definition) is 5. The summed E-state index contributed by atoms with van der Waals surface area (Å²) in [6.45, 7) is 1.45. The van der Waals surface area contributed by atoms with Crippen LogP contribution in [0.15, 0.2) is 35.5 Å². The van der Waals surface area contributed by atoms with Crippen molar-refractivity contribution in [2.45, 2.75) is 31.8 Å². The number of nitrogens with zero attached hydrogens (tertiary/aromatic N) is 2. The van der Waals surface area contributed by atoms with Gasteiger partial charge in [0.05, 0.1) is 20.5 Å². The van der Waals surface area contributed by atoms with E-state index in [1.807, 2.05) is 11.0 Å². The second-order valence-corrected chi connectivity index (χ2v) is 9.12. The fraction of sp³-hybridized carbons (Fsp3) is 0.350. The molecular weight excluding hydrogens is 433 g/mol. The molecule has 0 radical (unpaired) electrons. The molecule has 0 saturated carbocycles. The monoisotopic (exact) mass is 451 g/mol. The van der Waals surface area contributed by atoms with Crippen LogP contribution in [0.4, 0.5) is 5.69 Å². The molecule has 152 valence electrons. The van der Waals surface area contributed by atoms with Crippen molar-refractivity contribution in [3.05, 3.63) is 50.1 Å². The number of oxime groups is 1. The lowest BCUT2D eigenvalue weighted by molar-refractivity contribution is -0.125. The number of carbonyl (C=O) groups is 2. The van der Waals surface area contributed by atoms with Crippen molar-refractivity contribution in [3.8, 4) is 0 Å². The van der Waals surface area contributed by atoms with Gasteiger partial charge in [-0.1, -0.05) is 28.4 Å². The minimum absolute atomic E-state index is 0.103. The lowest BCUT2D eigenvalue weighted by Gasteiger charge is -2.27. The lowest BCUT2D eigenvalue weighted by Crippen LogP contribution is -2.36. The molecule has 2 aliphatic rings. The maximum absolute atomic E-state index is 12.9. The maximum Gasteiger partial charge on any atom is 0.268 e. The molecule has 1 fully saturated rings. The summed E-state index contributed by atoms with van der Waals surface area (Å²) in [7, 11) is 0. The zero-order valence-electron chi connectivity index (χ0n) is 15.5. The van der Waals surface area contributed by atoms with E-state index in [1.165, 1.54) is 11.3 Å². The second-order valence-electron chi connectivity index (χ2n) is 6.97. The van der Waals surface area contributed by atoms with Gasteiger partial charge >= 0.3 is 0 Å². The normalized spacial score (nSPS) is 18.9. The van der Waals surface area contributed by atoms with E-state index in [4.69, 9.17) is 28.0 Å². The van der Waals surface area contributed by atoms with Crippen LogP contribution < -0.4 is 5.32 Å². The van der Waals surface area contributed by atoms with Crippen LogP contribution in [0.3, 0.4) is 0 Å². The Bertz CT molecular complexity index is 970. The summed E-state index contributed by atoms with van der Waals surface area (Å²) in [5.74, 6) is -0.476. The lowest BCUT2D eigenvalue weighted by atomic mass is 10.1. The molecule has 1 aromatic heterocycles. The Morgan fingerprint density at radius 2 is 1.93 bits per heavy atom. The fourth-order valence-corrected chi connectivity index (χ4v) is 4.62. The molecule has 2 aliphatic heterocycles. The van der Waals surface area contributed by atoms with E-state index in [0.717, 1.165) is 37.2 Å². The van der Waals surface area contributed by atoms with Gasteiger partial charge in [-0.2, -0.15) is 0 Å². The number of thiophene rings is 1. The van der Waals surface area contributed by atoms with Gasteiger partial charge < -0.3 is 15.1 Å². The fourth-order valence-electron chi connectivity index (χ4n) is 3.42. The Morgan fingerprint density at radius 3 is 2.66 bits per heavy atom.